The van der Waals surface area contributed by atoms with Crippen LogP contribution in [0.25, 0.3) is 6.08 Å². The molecule has 0 atom stereocenters. The van der Waals surface area contributed by atoms with Gasteiger partial charge in [-0.25, -0.2) is 4.79 Å². The van der Waals surface area contributed by atoms with E-state index in [4.69, 9.17) is 5.11 Å². The third kappa shape index (κ3) is 4.97. The molecule has 90 valence electrons. The van der Waals surface area contributed by atoms with Crippen LogP contribution in [0.3, 0.4) is 0 Å². The summed E-state index contributed by atoms with van der Waals surface area (Å²) in [6.45, 7) is 3.98. The fourth-order valence-corrected chi connectivity index (χ4v) is 1.23. The van der Waals surface area contributed by atoms with Crippen molar-refractivity contribution in [3.05, 3.63) is 41.5 Å². The second-order valence-corrected chi connectivity index (χ2v) is 3.68. The second kappa shape index (κ2) is 6.48. The molecule has 0 fully saturated rings. The Kier molecular flexibility index (Phi) is 4.94. The quantitative estimate of drug-likeness (QED) is 0.464. The van der Waals surface area contributed by atoms with E-state index in [1.807, 2.05) is 37.3 Å². The fraction of sp³-hybridized carbons (Fsp3) is 0.231. The molecule has 0 spiro atoms. The predicted octanol–water partition coefficient (Wildman–Crippen LogP) is 2.06. The first-order valence-electron chi connectivity index (χ1n) is 5.33. The number of carboxylic acid groups (broad SMARTS) is 1. The van der Waals surface area contributed by atoms with E-state index in [0.717, 1.165) is 5.56 Å². The Bertz CT molecular complexity index is 450. The van der Waals surface area contributed by atoms with Crippen molar-refractivity contribution in [3.8, 4) is 0 Å². The highest BCUT2D eigenvalue weighted by Gasteiger charge is 1.99. The van der Waals surface area contributed by atoms with Gasteiger partial charge < -0.3 is 10.5 Å². The molecule has 17 heavy (non-hydrogen) atoms. The molecule has 1 aromatic carbocycles. The number of carbonyl (C=O) groups is 1. The van der Waals surface area contributed by atoms with E-state index in [2.05, 4.69) is 16.6 Å². The van der Waals surface area contributed by atoms with Crippen LogP contribution in [0.4, 0.5) is 0 Å². The average molecular weight is 232 g/mol. The van der Waals surface area contributed by atoms with Crippen molar-refractivity contribution >= 4 is 17.8 Å². The minimum atomic E-state index is -1.01. The van der Waals surface area contributed by atoms with Crippen LogP contribution in [-0.4, -0.2) is 23.3 Å². The summed E-state index contributed by atoms with van der Waals surface area (Å²) in [5.74, 6) is -1.01. The number of nitrogens with one attached hydrogen (secondary N) is 1. The van der Waals surface area contributed by atoms with Crippen molar-refractivity contribution in [1.29, 1.82) is 0 Å². The molecule has 1 aromatic rings. The summed E-state index contributed by atoms with van der Waals surface area (Å²) in [4.78, 5) is 10.4. The molecule has 0 aliphatic carbocycles. The number of rotatable bonds is 5. The van der Waals surface area contributed by atoms with Crippen molar-refractivity contribution < 1.29 is 9.90 Å². The van der Waals surface area contributed by atoms with Crippen LogP contribution in [0.2, 0.25) is 0 Å². The molecule has 4 nitrogen and oxygen atoms in total. The van der Waals surface area contributed by atoms with E-state index >= 15 is 0 Å². The maximum atomic E-state index is 10.4. The Morgan fingerprint density at radius 1 is 1.53 bits per heavy atom. The monoisotopic (exact) mass is 232 g/mol. The van der Waals surface area contributed by atoms with Crippen LogP contribution >= 0.6 is 0 Å². The number of aliphatic carboxylic acids is 1. The molecule has 0 aromatic heterocycles. The van der Waals surface area contributed by atoms with Crippen molar-refractivity contribution in [1.82, 2.24) is 5.43 Å². The average Bonchev–Trinajstić information content (AvgIpc) is 2.28. The molecule has 0 aliphatic rings. The van der Waals surface area contributed by atoms with E-state index in [9.17, 15) is 4.79 Å². The van der Waals surface area contributed by atoms with Crippen LogP contribution < -0.4 is 5.43 Å². The number of hydrogen-bond acceptors (Lipinski definition) is 3. The molecule has 1 rings (SSSR count). The Morgan fingerprint density at radius 2 is 2.29 bits per heavy atom. The lowest BCUT2D eigenvalue weighted by atomic mass is 10.1. The SMILES string of the molecule is CC(=NNC/C=C/c1cccc(C)c1)C(=O)O. The van der Waals surface area contributed by atoms with Crippen LogP contribution in [0, 0.1) is 6.92 Å². The zero-order chi connectivity index (χ0) is 12.7. The van der Waals surface area contributed by atoms with Gasteiger partial charge in [0.25, 0.3) is 0 Å². The van der Waals surface area contributed by atoms with Gasteiger partial charge in [-0.2, -0.15) is 5.10 Å². The first-order chi connectivity index (χ1) is 8.09. The Hall–Kier alpha value is -2.10. The Labute approximate surface area is 101 Å². The molecule has 0 radical (unpaired) electrons. The second-order valence-electron chi connectivity index (χ2n) is 3.68. The topological polar surface area (TPSA) is 61.7 Å². The third-order valence-electron chi connectivity index (χ3n) is 2.12. The lowest BCUT2D eigenvalue weighted by Gasteiger charge is -1.97. The number of carboxylic acids is 1. The summed E-state index contributed by atoms with van der Waals surface area (Å²) in [6, 6.07) is 8.11. The first-order valence-corrected chi connectivity index (χ1v) is 5.33. The molecule has 0 saturated carbocycles. The summed E-state index contributed by atoms with van der Waals surface area (Å²) in [5, 5.41) is 12.2. The molecule has 0 heterocycles. The Balaban J connectivity index is 2.41. The van der Waals surface area contributed by atoms with Gasteiger partial charge in [-0.15, -0.1) is 0 Å². The largest absolute Gasteiger partial charge is 0.477 e. The summed E-state index contributed by atoms with van der Waals surface area (Å²) in [6.07, 6.45) is 3.86. The summed E-state index contributed by atoms with van der Waals surface area (Å²) < 4.78 is 0. The van der Waals surface area contributed by atoms with Gasteiger partial charge in [0.2, 0.25) is 0 Å². The summed E-state index contributed by atoms with van der Waals surface area (Å²) in [7, 11) is 0. The van der Waals surface area contributed by atoms with Crippen molar-refractivity contribution in [2.24, 2.45) is 5.10 Å². The third-order valence-corrected chi connectivity index (χ3v) is 2.12. The molecule has 0 saturated heterocycles. The lowest BCUT2D eigenvalue weighted by molar-refractivity contribution is -0.129. The van der Waals surface area contributed by atoms with Gasteiger partial charge in [-0.05, 0) is 19.4 Å². The van der Waals surface area contributed by atoms with E-state index in [0.29, 0.717) is 6.54 Å². The van der Waals surface area contributed by atoms with Gasteiger partial charge in [0.15, 0.2) is 0 Å². The molecule has 2 N–H and O–H groups in total. The van der Waals surface area contributed by atoms with Gasteiger partial charge in [-0.1, -0.05) is 42.0 Å². The van der Waals surface area contributed by atoms with Gasteiger partial charge in [0.05, 0.1) is 6.54 Å². The van der Waals surface area contributed by atoms with E-state index in [1.165, 1.54) is 12.5 Å². The predicted molar refractivity (Wildman–Crippen MR) is 69.0 cm³/mol. The van der Waals surface area contributed by atoms with Gasteiger partial charge in [0.1, 0.15) is 5.71 Å². The van der Waals surface area contributed by atoms with Crippen molar-refractivity contribution in [2.45, 2.75) is 13.8 Å². The smallest absolute Gasteiger partial charge is 0.351 e. The maximum absolute atomic E-state index is 10.4. The number of hydrogen-bond donors (Lipinski definition) is 2. The molecular formula is C13H16N2O2. The number of benzene rings is 1. The molecular weight excluding hydrogens is 216 g/mol. The van der Waals surface area contributed by atoms with Gasteiger partial charge in [-0.3, -0.25) is 0 Å². The highest BCUT2D eigenvalue weighted by atomic mass is 16.4. The van der Waals surface area contributed by atoms with E-state index in [1.54, 1.807) is 0 Å². The standard InChI is InChI=1S/C13H16N2O2/c1-10-5-3-6-12(9-10)7-4-8-14-15-11(2)13(16)17/h3-7,9,14H,8H2,1-2H3,(H,16,17)/b7-4+,15-11?. The fourth-order valence-electron chi connectivity index (χ4n) is 1.23. The van der Waals surface area contributed by atoms with Crippen LogP contribution in [0.15, 0.2) is 35.4 Å². The first kappa shape index (κ1) is 13.0. The lowest BCUT2D eigenvalue weighted by Crippen LogP contribution is -2.15. The molecule has 4 heteroatoms. The van der Waals surface area contributed by atoms with Crippen molar-refractivity contribution in [3.63, 3.8) is 0 Å². The number of nitrogens with zero attached hydrogens (tertiary/aromatic N) is 1. The minimum Gasteiger partial charge on any atom is -0.477 e. The van der Waals surface area contributed by atoms with E-state index in [-0.39, 0.29) is 5.71 Å². The normalized spacial score (nSPS) is 11.8. The molecule has 0 aliphatic heterocycles. The molecule has 0 bridgehead atoms. The zero-order valence-corrected chi connectivity index (χ0v) is 9.97. The minimum absolute atomic E-state index is 0.0500. The highest BCUT2D eigenvalue weighted by molar-refractivity contribution is 6.34. The number of aryl methyl sites for hydroxylation is 1. The molecule has 0 amide bonds. The van der Waals surface area contributed by atoms with Crippen LogP contribution in [-0.2, 0) is 4.79 Å². The maximum Gasteiger partial charge on any atom is 0.351 e. The van der Waals surface area contributed by atoms with Gasteiger partial charge in [0, 0.05) is 0 Å². The van der Waals surface area contributed by atoms with Gasteiger partial charge >= 0.3 is 5.97 Å². The summed E-state index contributed by atoms with van der Waals surface area (Å²) >= 11 is 0. The molecule has 0 unspecified atom stereocenters. The Morgan fingerprint density at radius 3 is 2.94 bits per heavy atom. The van der Waals surface area contributed by atoms with E-state index < -0.39 is 5.97 Å². The number of hydrazone groups is 1. The summed E-state index contributed by atoms with van der Waals surface area (Å²) in [5.41, 5.74) is 5.05. The van der Waals surface area contributed by atoms with Crippen molar-refractivity contribution in [2.75, 3.05) is 6.54 Å². The van der Waals surface area contributed by atoms with Crippen LogP contribution in [0.5, 0.6) is 0 Å². The van der Waals surface area contributed by atoms with Crippen LogP contribution in [0.1, 0.15) is 18.1 Å². The zero-order valence-electron chi connectivity index (χ0n) is 9.97. The highest BCUT2D eigenvalue weighted by Crippen LogP contribution is 2.05.